The van der Waals surface area contributed by atoms with Crippen molar-refractivity contribution >= 4 is 34.1 Å². The maximum absolute atomic E-state index is 2.41. The molecule has 10 rings (SSSR count). The minimum Gasteiger partial charge on any atom is -0.308 e. The molecule has 0 amide bonds. The fraction of sp³-hybridized carbons (Fsp3) is 0. The second kappa shape index (κ2) is 17.6. The molecule has 0 spiro atoms. The van der Waals surface area contributed by atoms with E-state index < -0.39 is 0 Å². The maximum atomic E-state index is 2.41. The molecule has 0 bridgehead atoms. The molecule has 0 fully saturated rings. The smallest absolute Gasteiger partial charge is 0.0708 e. The molecule has 0 aliphatic rings. The van der Waals surface area contributed by atoms with Crippen molar-refractivity contribution in [2.45, 2.75) is 0 Å². The lowest BCUT2D eigenvalue weighted by Crippen LogP contribution is -2.17. The Bertz CT molecular complexity index is 2820. The van der Waals surface area contributed by atoms with Crippen LogP contribution in [-0.2, 0) is 0 Å². The fourth-order valence-corrected chi connectivity index (χ4v) is 8.29. The van der Waals surface area contributed by atoms with Crippen LogP contribution in [0.25, 0.3) is 55.6 Å². The predicted octanol–water partition coefficient (Wildman–Crippen LogP) is 17.0. The maximum Gasteiger partial charge on any atom is 0.0708 e. The molecule has 0 aliphatic heterocycles. The van der Waals surface area contributed by atoms with Gasteiger partial charge in [-0.3, -0.25) is 0 Å². The molecule has 62 heavy (non-hydrogen) atoms. The van der Waals surface area contributed by atoms with Crippen molar-refractivity contribution in [1.29, 1.82) is 0 Å². The highest BCUT2D eigenvalue weighted by Gasteiger charge is 2.24. The van der Waals surface area contributed by atoms with Gasteiger partial charge < -0.3 is 9.80 Å². The van der Waals surface area contributed by atoms with Gasteiger partial charge in [0.2, 0.25) is 0 Å². The summed E-state index contributed by atoms with van der Waals surface area (Å²) in [5, 5.41) is 0. The number of benzene rings is 10. The standard InChI is InChI=1S/C60H44N2/c1-6-16-45(17-7-1)50-26-35-55(36-27-50)61(56-37-28-51(29-38-56)46-18-8-2-9-19-46)59-43-34-54(49-24-14-5-15-25-49)44-60(59)62(57-39-30-52(31-40-57)47-20-10-3-11-21-47)58-41-32-53(33-42-58)48-22-12-4-13-23-48/h1-44H. The van der Waals surface area contributed by atoms with E-state index in [2.05, 4.69) is 277 Å². The van der Waals surface area contributed by atoms with Gasteiger partial charge in [0, 0.05) is 22.7 Å². The molecule has 294 valence electrons. The van der Waals surface area contributed by atoms with E-state index in [1.165, 1.54) is 44.5 Å². The third kappa shape index (κ3) is 8.06. The van der Waals surface area contributed by atoms with Gasteiger partial charge in [-0.05, 0) is 116 Å². The van der Waals surface area contributed by atoms with Crippen molar-refractivity contribution in [2.24, 2.45) is 0 Å². The van der Waals surface area contributed by atoms with Crippen LogP contribution in [0.3, 0.4) is 0 Å². The van der Waals surface area contributed by atoms with Crippen molar-refractivity contribution in [2.75, 3.05) is 9.80 Å². The van der Waals surface area contributed by atoms with Gasteiger partial charge in [-0.25, -0.2) is 0 Å². The normalized spacial score (nSPS) is 10.9. The molecule has 0 aromatic heterocycles. The van der Waals surface area contributed by atoms with Gasteiger partial charge in [0.05, 0.1) is 11.4 Å². The van der Waals surface area contributed by atoms with Crippen molar-refractivity contribution in [3.8, 4) is 55.6 Å². The molecule has 0 unspecified atom stereocenters. The zero-order valence-electron chi connectivity index (χ0n) is 34.3. The zero-order chi connectivity index (χ0) is 41.5. The van der Waals surface area contributed by atoms with Gasteiger partial charge in [0.1, 0.15) is 0 Å². The molecule has 0 saturated heterocycles. The Morgan fingerprint density at radius 3 is 0.645 bits per heavy atom. The third-order valence-corrected chi connectivity index (χ3v) is 11.5. The topological polar surface area (TPSA) is 6.48 Å². The SMILES string of the molecule is c1ccc(-c2ccc(N(c3ccc(-c4ccccc4)cc3)c3ccc(-c4ccccc4)cc3N(c3ccc(-c4ccccc4)cc3)c3ccc(-c4ccccc4)cc3)cc2)cc1. The second-order valence-electron chi connectivity index (χ2n) is 15.4. The van der Waals surface area contributed by atoms with E-state index in [4.69, 9.17) is 0 Å². The van der Waals surface area contributed by atoms with Gasteiger partial charge in [0.25, 0.3) is 0 Å². The Hall–Kier alpha value is -8.20. The third-order valence-electron chi connectivity index (χ3n) is 11.5. The molecule has 10 aromatic rings. The largest absolute Gasteiger partial charge is 0.308 e. The highest BCUT2D eigenvalue weighted by molar-refractivity contribution is 5.94. The quantitative estimate of drug-likeness (QED) is 0.129. The Balaban J connectivity index is 1.18. The Morgan fingerprint density at radius 1 is 0.161 bits per heavy atom. The number of nitrogens with zero attached hydrogens (tertiary/aromatic N) is 2. The lowest BCUT2D eigenvalue weighted by molar-refractivity contribution is 1.23. The van der Waals surface area contributed by atoms with E-state index in [9.17, 15) is 0 Å². The van der Waals surface area contributed by atoms with E-state index >= 15 is 0 Å². The summed E-state index contributed by atoms with van der Waals surface area (Å²) < 4.78 is 0. The molecule has 2 heteroatoms. The van der Waals surface area contributed by atoms with Gasteiger partial charge in [-0.15, -0.1) is 0 Å². The van der Waals surface area contributed by atoms with Crippen molar-refractivity contribution < 1.29 is 0 Å². The Labute approximate surface area is 364 Å². The molecule has 0 radical (unpaired) electrons. The highest BCUT2D eigenvalue weighted by atomic mass is 15.2. The summed E-state index contributed by atoms with van der Waals surface area (Å²) in [5.74, 6) is 0. The molecule has 0 heterocycles. The van der Waals surface area contributed by atoms with Crippen molar-refractivity contribution in [3.05, 3.63) is 267 Å². The van der Waals surface area contributed by atoms with E-state index in [1.54, 1.807) is 0 Å². The second-order valence-corrected chi connectivity index (χ2v) is 15.4. The van der Waals surface area contributed by atoms with Crippen molar-refractivity contribution in [1.82, 2.24) is 0 Å². The van der Waals surface area contributed by atoms with Crippen LogP contribution in [0.5, 0.6) is 0 Å². The minimum absolute atomic E-state index is 1.05. The molecule has 2 nitrogen and oxygen atoms in total. The highest BCUT2D eigenvalue weighted by Crippen LogP contribution is 2.48. The monoisotopic (exact) mass is 792 g/mol. The summed E-state index contributed by atoms with van der Waals surface area (Å²) in [5.41, 5.74) is 18.1. The average molecular weight is 793 g/mol. The van der Waals surface area contributed by atoms with Crippen LogP contribution in [0, 0.1) is 0 Å². The van der Waals surface area contributed by atoms with Crippen LogP contribution in [0.15, 0.2) is 267 Å². The van der Waals surface area contributed by atoms with Gasteiger partial charge in [-0.2, -0.15) is 0 Å². The molecule has 0 aliphatic carbocycles. The molecular weight excluding hydrogens is 749 g/mol. The average Bonchev–Trinajstić information content (AvgIpc) is 3.37. The van der Waals surface area contributed by atoms with Crippen LogP contribution in [0.2, 0.25) is 0 Å². The number of hydrogen-bond acceptors (Lipinski definition) is 2. The molecule has 0 atom stereocenters. The lowest BCUT2D eigenvalue weighted by Gasteiger charge is -2.34. The molecule has 0 N–H and O–H groups in total. The summed E-state index contributed by atoms with van der Waals surface area (Å²) in [6, 6.07) is 95.8. The first kappa shape index (κ1) is 38.0. The van der Waals surface area contributed by atoms with Crippen LogP contribution in [0.4, 0.5) is 34.1 Å². The number of anilines is 6. The van der Waals surface area contributed by atoms with Crippen LogP contribution >= 0.6 is 0 Å². The number of hydrogen-bond donors (Lipinski definition) is 0. The summed E-state index contributed by atoms with van der Waals surface area (Å²) in [4.78, 5) is 4.81. The zero-order valence-corrected chi connectivity index (χ0v) is 34.3. The summed E-state index contributed by atoms with van der Waals surface area (Å²) in [6.45, 7) is 0. The van der Waals surface area contributed by atoms with E-state index in [0.29, 0.717) is 0 Å². The van der Waals surface area contributed by atoms with Gasteiger partial charge in [0.15, 0.2) is 0 Å². The first-order valence-electron chi connectivity index (χ1n) is 21.2. The van der Waals surface area contributed by atoms with E-state index in [1.807, 2.05) is 0 Å². The van der Waals surface area contributed by atoms with E-state index in [-0.39, 0.29) is 0 Å². The summed E-state index contributed by atoms with van der Waals surface area (Å²) in [6.07, 6.45) is 0. The lowest BCUT2D eigenvalue weighted by atomic mass is 10.00. The first-order chi connectivity index (χ1) is 30.7. The predicted molar refractivity (Wildman–Crippen MR) is 263 cm³/mol. The first-order valence-corrected chi connectivity index (χ1v) is 21.2. The molecule has 0 saturated carbocycles. The Kier molecular flexibility index (Phi) is 10.8. The minimum atomic E-state index is 1.05. The van der Waals surface area contributed by atoms with Crippen LogP contribution in [-0.4, -0.2) is 0 Å². The molecular formula is C60H44N2. The van der Waals surface area contributed by atoms with Gasteiger partial charge in [-0.1, -0.05) is 206 Å². The Morgan fingerprint density at radius 2 is 0.371 bits per heavy atom. The van der Waals surface area contributed by atoms with E-state index in [0.717, 1.165) is 45.3 Å². The van der Waals surface area contributed by atoms with Crippen molar-refractivity contribution in [3.63, 3.8) is 0 Å². The summed E-state index contributed by atoms with van der Waals surface area (Å²) in [7, 11) is 0. The van der Waals surface area contributed by atoms with Gasteiger partial charge >= 0.3 is 0 Å². The summed E-state index contributed by atoms with van der Waals surface area (Å²) >= 11 is 0. The van der Waals surface area contributed by atoms with Crippen LogP contribution < -0.4 is 9.80 Å². The fourth-order valence-electron chi connectivity index (χ4n) is 8.29. The number of rotatable bonds is 11. The van der Waals surface area contributed by atoms with Crippen LogP contribution in [0.1, 0.15) is 0 Å². The molecule has 10 aromatic carbocycles.